The highest BCUT2D eigenvalue weighted by molar-refractivity contribution is 5.82. The van der Waals surface area contributed by atoms with Crippen LogP contribution >= 0.6 is 0 Å². The molecular weight excluding hydrogens is 290 g/mol. The largest absolute Gasteiger partial charge is 0.509 e. The van der Waals surface area contributed by atoms with E-state index >= 15 is 0 Å². The van der Waals surface area contributed by atoms with E-state index in [4.69, 9.17) is 0 Å². The molecule has 1 saturated heterocycles. The standard InChI is InChI=1S/C17H21N5O/c1-2-21-7-9-22(10-8-21)12-16(23)13(11-18)17-19-14-5-3-4-6-15(14)20-17/h3-6,23H,2,7-10,12H2,1H3,(H,19,20)/b16-13-. The van der Waals surface area contributed by atoms with Crippen molar-refractivity contribution in [2.45, 2.75) is 6.92 Å². The van der Waals surface area contributed by atoms with Crippen molar-refractivity contribution in [2.24, 2.45) is 0 Å². The fourth-order valence-electron chi connectivity index (χ4n) is 2.88. The van der Waals surface area contributed by atoms with Crippen molar-refractivity contribution in [1.29, 1.82) is 5.26 Å². The van der Waals surface area contributed by atoms with Crippen molar-refractivity contribution < 1.29 is 5.11 Å². The van der Waals surface area contributed by atoms with Gasteiger partial charge in [0, 0.05) is 26.2 Å². The summed E-state index contributed by atoms with van der Waals surface area (Å²) in [5, 5.41) is 19.8. The number of aromatic amines is 1. The van der Waals surface area contributed by atoms with Gasteiger partial charge in [-0.2, -0.15) is 5.26 Å². The first-order valence-corrected chi connectivity index (χ1v) is 7.93. The number of imidazole rings is 1. The summed E-state index contributed by atoms with van der Waals surface area (Å²) >= 11 is 0. The molecule has 0 spiro atoms. The van der Waals surface area contributed by atoms with E-state index in [1.807, 2.05) is 24.3 Å². The molecule has 3 rings (SSSR count). The minimum Gasteiger partial charge on any atom is -0.509 e. The smallest absolute Gasteiger partial charge is 0.152 e. The van der Waals surface area contributed by atoms with Gasteiger partial charge in [-0.15, -0.1) is 0 Å². The normalized spacial score (nSPS) is 17.9. The van der Waals surface area contributed by atoms with Crippen LogP contribution in [-0.2, 0) is 0 Å². The molecule has 2 heterocycles. The van der Waals surface area contributed by atoms with Crippen molar-refractivity contribution in [3.8, 4) is 6.07 Å². The number of benzene rings is 1. The summed E-state index contributed by atoms with van der Waals surface area (Å²) in [4.78, 5) is 12.0. The lowest BCUT2D eigenvalue weighted by molar-refractivity contribution is 0.135. The average molecular weight is 311 g/mol. The van der Waals surface area contributed by atoms with Gasteiger partial charge in [-0.25, -0.2) is 4.98 Å². The number of H-pyrrole nitrogens is 1. The van der Waals surface area contributed by atoms with Crippen LogP contribution in [0, 0.1) is 11.3 Å². The lowest BCUT2D eigenvalue weighted by Crippen LogP contribution is -2.46. The first-order chi connectivity index (χ1) is 11.2. The number of nitriles is 1. The molecule has 0 amide bonds. The predicted molar refractivity (Wildman–Crippen MR) is 89.8 cm³/mol. The van der Waals surface area contributed by atoms with Crippen LogP contribution in [-0.4, -0.2) is 64.1 Å². The number of rotatable bonds is 4. The summed E-state index contributed by atoms with van der Waals surface area (Å²) in [6.45, 7) is 7.39. The van der Waals surface area contributed by atoms with E-state index in [9.17, 15) is 10.4 Å². The van der Waals surface area contributed by atoms with E-state index in [2.05, 4.69) is 32.8 Å². The number of aromatic nitrogens is 2. The van der Waals surface area contributed by atoms with Crippen molar-refractivity contribution in [3.63, 3.8) is 0 Å². The van der Waals surface area contributed by atoms with Gasteiger partial charge in [0.05, 0.1) is 17.6 Å². The molecule has 23 heavy (non-hydrogen) atoms. The van der Waals surface area contributed by atoms with Crippen molar-refractivity contribution in [3.05, 3.63) is 35.8 Å². The maximum atomic E-state index is 10.4. The number of allylic oxidation sites excluding steroid dienone is 1. The van der Waals surface area contributed by atoms with Gasteiger partial charge in [0.25, 0.3) is 0 Å². The van der Waals surface area contributed by atoms with Gasteiger partial charge in [0.1, 0.15) is 17.4 Å². The molecule has 6 heteroatoms. The third kappa shape index (κ3) is 3.36. The van der Waals surface area contributed by atoms with Crippen LogP contribution in [0.3, 0.4) is 0 Å². The molecule has 0 aliphatic carbocycles. The van der Waals surface area contributed by atoms with Crippen molar-refractivity contribution in [2.75, 3.05) is 39.3 Å². The van der Waals surface area contributed by atoms with E-state index in [-0.39, 0.29) is 11.3 Å². The van der Waals surface area contributed by atoms with Gasteiger partial charge in [0.2, 0.25) is 0 Å². The molecule has 2 N–H and O–H groups in total. The number of hydrogen-bond donors (Lipinski definition) is 2. The molecule has 0 radical (unpaired) electrons. The third-order valence-corrected chi connectivity index (χ3v) is 4.31. The zero-order valence-electron chi connectivity index (χ0n) is 13.3. The Morgan fingerprint density at radius 2 is 1.96 bits per heavy atom. The topological polar surface area (TPSA) is 79.2 Å². The van der Waals surface area contributed by atoms with Crippen LogP contribution in [0.1, 0.15) is 12.7 Å². The first-order valence-electron chi connectivity index (χ1n) is 7.93. The number of para-hydroxylation sites is 2. The summed E-state index contributed by atoms with van der Waals surface area (Å²) < 4.78 is 0. The zero-order chi connectivity index (χ0) is 16.2. The van der Waals surface area contributed by atoms with Gasteiger partial charge < -0.3 is 15.0 Å². The second-order valence-electron chi connectivity index (χ2n) is 5.75. The van der Waals surface area contributed by atoms with Crippen molar-refractivity contribution in [1.82, 2.24) is 19.8 Å². The summed E-state index contributed by atoms with van der Waals surface area (Å²) in [6.07, 6.45) is 0. The van der Waals surface area contributed by atoms with Gasteiger partial charge >= 0.3 is 0 Å². The Morgan fingerprint density at radius 3 is 2.61 bits per heavy atom. The lowest BCUT2D eigenvalue weighted by atomic mass is 10.2. The van der Waals surface area contributed by atoms with E-state index in [1.54, 1.807) is 0 Å². The minimum absolute atomic E-state index is 0.0801. The number of aliphatic hydroxyl groups is 1. The van der Waals surface area contributed by atoms with Crippen LogP contribution < -0.4 is 0 Å². The highest BCUT2D eigenvalue weighted by Crippen LogP contribution is 2.19. The number of piperazine rings is 1. The van der Waals surface area contributed by atoms with Crippen LogP contribution in [0.5, 0.6) is 0 Å². The summed E-state index contributed by atoms with van der Waals surface area (Å²) in [5.74, 6) is 0.509. The highest BCUT2D eigenvalue weighted by atomic mass is 16.3. The number of nitrogens with one attached hydrogen (secondary N) is 1. The van der Waals surface area contributed by atoms with E-state index < -0.39 is 0 Å². The van der Waals surface area contributed by atoms with Crippen LogP contribution in [0.25, 0.3) is 16.6 Å². The number of likely N-dealkylation sites (N-methyl/N-ethyl adjacent to an activating group) is 1. The average Bonchev–Trinajstić information content (AvgIpc) is 2.99. The lowest BCUT2D eigenvalue weighted by Gasteiger charge is -2.33. The molecule has 120 valence electrons. The molecule has 0 atom stereocenters. The molecule has 0 unspecified atom stereocenters. The van der Waals surface area contributed by atoms with E-state index in [1.165, 1.54) is 0 Å². The van der Waals surface area contributed by atoms with Gasteiger partial charge in [-0.1, -0.05) is 19.1 Å². The Balaban J connectivity index is 1.78. The molecule has 1 aliphatic rings. The summed E-state index contributed by atoms with van der Waals surface area (Å²) in [7, 11) is 0. The second kappa shape index (κ2) is 6.82. The molecular formula is C17H21N5O. The second-order valence-corrected chi connectivity index (χ2v) is 5.75. The Kier molecular flexibility index (Phi) is 4.60. The Bertz CT molecular complexity index is 717. The number of aliphatic hydroxyl groups excluding tert-OH is 1. The molecule has 1 aliphatic heterocycles. The molecule has 2 aromatic rings. The van der Waals surface area contributed by atoms with Gasteiger partial charge in [-0.05, 0) is 18.7 Å². The maximum absolute atomic E-state index is 10.4. The van der Waals surface area contributed by atoms with Gasteiger partial charge in [0.15, 0.2) is 5.82 Å². The minimum atomic E-state index is 0.0801. The van der Waals surface area contributed by atoms with Crippen LogP contribution in [0.2, 0.25) is 0 Å². The van der Waals surface area contributed by atoms with Crippen LogP contribution in [0.4, 0.5) is 0 Å². The molecule has 6 nitrogen and oxygen atoms in total. The molecule has 0 saturated carbocycles. The maximum Gasteiger partial charge on any atom is 0.152 e. The zero-order valence-corrected chi connectivity index (χ0v) is 13.3. The number of hydrogen-bond acceptors (Lipinski definition) is 5. The molecule has 0 bridgehead atoms. The first kappa shape index (κ1) is 15.5. The fourth-order valence-corrected chi connectivity index (χ4v) is 2.88. The molecule has 1 fully saturated rings. The summed E-state index contributed by atoms with van der Waals surface area (Å²) in [5.41, 5.74) is 1.87. The van der Waals surface area contributed by atoms with Crippen molar-refractivity contribution >= 4 is 16.6 Å². The SMILES string of the molecule is CCN1CCN(C/C(O)=C(\C#N)c2nc3ccccc3[nH]2)CC1. The number of fused-ring (bicyclic) bond motifs is 1. The fraction of sp³-hybridized carbons (Fsp3) is 0.412. The Hall–Kier alpha value is -2.36. The third-order valence-electron chi connectivity index (χ3n) is 4.31. The van der Waals surface area contributed by atoms with Gasteiger partial charge in [-0.3, -0.25) is 4.90 Å². The Labute approximate surface area is 135 Å². The van der Waals surface area contributed by atoms with Crippen LogP contribution in [0.15, 0.2) is 30.0 Å². The summed E-state index contributed by atoms with van der Waals surface area (Å²) in [6, 6.07) is 9.68. The van der Waals surface area contributed by atoms with E-state index in [0.29, 0.717) is 12.4 Å². The predicted octanol–water partition coefficient (Wildman–Crippen LogP) is 1.99. The molecule has 1 aromatic carbocycles. The van der Waals surface area contributed by atoms with E-state index in [0.717, 1.165) is 43.8 Å². The molecule has 1 aromatic heterocycles. The Morgan fingerprint density at radius 1 is 1.26 bits per heavy atom. The monoisotopic (exact) mass is 311 g/mol. The number of nitrogens with zero attached hydrogens (tertiary/aromatic N) is 4. The highest BCUT2D eigenvalue weighted by Gasteiger charge is 2.19. The quantitative estimate of drug-likeness (QED) is 0.667.